The number of nitrogens with zero attached hydrogens (tertiary/aromatic N) is 3. The minimum Gasteiger partial charge on any atom is -0.468 e. The first-order valence-electron chi connectivity index (χ1n) is 4.29. The monoisotopic (exact) mass is 215 g/mol. The molecule has 0 saturated heterocycles. The van der Waals surface area contributed by atoms with E-state index in [0.717, 1.165) is 11.0 Å². The van der Waals surface area contributed by atoms with Crippen LogP contribution in [0.15, 0.2) is 0 Å². The highest BCUT2D eigenvalue weighted by Crippen LogP contribution is 2.16. The van der Waals surface area contributed by atoms with E-state index in [1.54, 1.807) is 0 Å². The Hall–Kier alpha value is -1.17. The zero-order valence-electron chi connectivity index (χ0n) is 8.48. The lowest BCUT2D eigenvalue weighted by Gasteiger charge is -2.16. The lowest BCUT2D eigenvalue weighted by Crippen LogP contribution is -2.30. The molecule has 0 bridgehead atoms. The normalized spacial score (nSPS) is 9.93. The van der Waals surface area contributed by atoms with Gasteiger partial charge in [0.1, 0.15) is 12.4 Å². The molecule has 6 heteroatoms. The highest BCUT2D eigenvalue weighted by Gasteiger charge is 2.13. The second-order valence-electron chi connectivity index (χ2n) is 2.71. The molecule has 14 heavy (non-hydrogen) atoms. The number of esters is 1. The Bertz CT molecular complexity index is 313. The van der Waals surface area contributed by atoms with Crippen molar-refractivity contribution in [2.45, 2.75) is 13.8 Å². The lowest BCUT2D eigenvalue weighted by atomic mass is 10.5. The van der Waals surface area contributed by atoms with Crippen molar-refractivity contribution >= 4 is 22.6 Å². The van der Waals surface area contributed by atoms with Crippen LogP contribution in [0.25, 0.3) is 0 Å². The van der Waals surface area contributed by atoms with Crippen LogP contribution in [0.1, 0.15) is 12.7 Å². The average molecular weight is 215 g/mol. The molecule has 0 spiro atoms. The molecule has 1 aromatic rings. The predicted octanol–water partition coefficient (Wildman–Crippen LogP) is 0.846. The minimum atomic E-state index is -0.264. The molecule has 0 aliphatic rings. The summed E-state index contributed by atoms with van der Waals surface area (Å²) in [7, 11) is 1.38. The van der Waals surface area contributed by atoms with Gasteiger partial charge in [0.25, 0.3) is 0 Å². The first-order chi connectivity index (χ1) is 6.67. The van der Waals surface area contributed by atoms with Gasteiger partial charge in [0.05, 0.1) is 7.11 Å². The Morgan fingerprint density at radius 2 is 2.36 bits per heavy atom. The van der Waals surface area contributed by atoms with Crippen LogP contribution in [0.3, 0.4) is 0 Å². The third kappa shape index (κ3) is 2.66. The fourth-order valence-electron chi connectivity index (χ4n) is 0.950. The van der Waals surface area contributed by atoms with Gasteiger partial charge in [-0.25, -0.2) is 4.98 Å². The summed E-state index contributed by atoms with van der Waals surface area (Å²) in [6, 6.07) is 0. The number of methoxy groups -OCH3 is 1. The second kappa shape index (κ2) is 4.90. The Morgan fingerprint density at radius 1 is 1.64 bits per heavy atom. The summed E-state index contributed by atoms with van der Waals surface area (Å²) in [5.74, 6) is 0.466. The van der Waals surface area contributed by atoms with Crippen LogP contribution in [0.5, 0.6) is 0 Å². The second-order valence-corrected chi connectivity index (χ2v) is 3.44. The van der Waals surface area contributed by atoms with Crippen LogP contribution < -0.4 is 4.90 Å². The number of likely N-dealkylation sites (N-methyl/N-ethyl adjacent to an activating group) is 1. The van der Waals surface area contributed by atoms with E-state index in [2.05, 4.69) is 14.1 Å². The number of aryl methyl sites for hydroxylation is 1. The minimum absolute atomic E-state index is 0.224. The van der Waals surface area contributed by atoms with Gasteiger partial charge in [-0.3, -0.25) is 4.79 Å². The van der Waals surface area contributed by atoms with Crippen molar-refractivity contribution in [2.75, 3.05) is 25.1 Å². The SMILES string of the molecule is CCN(CC(=O)OC)c1nc(C)ns1. The quantitative estimate of drug-likeness (QED) is 0.697. The fraction of sp³-hybridized carbons (Fsp3) is 0.625. The maximum atomic E-state index is 11.1. The van der Waals surface area contributed by atoms with Crippen LogP contribution in [0.4, 0.5) is 5.13 Å². The van der Waals surface area contributed by atoms with E-state index in [1.807, 2.05) is 18.7 Å². The van der Waals surface area contributed by atoms with Crippen molar-refractivity contribution in [3.8, 4) is 0 Å². The van der Waals surface area contributed by atoms with Crippen LogP contribution in [0, 0.1) is 6.92 Å². The maximum Gasteiger partial charge on any atom is 0.325 e. The first kappa shape index (κ1) is 10.9. The summed E-state index contributed by atoms with van der Waals surface area (Å²) in [5, 5.41) is 0.760. The summed E-state index contributed by atoms with van der Waals surface area (Å²) >= 11 is 1.29. The van der Waals surface area contributed by atoms with Crippen molar-refractivity contribution in [3.05, 3.63) is 5.82 Å². The molecule has 0 radical (unpaired) electrons. The molecule has 1 heterocycles. The molecular weight excluding hydrogens is 202 g/mol. The van der Waals surface area contributed by atoms with Crippen LogP contribution in [-0.2, 0) is 9.53 Å². The molecule has 1 aromatic heterocycles. The summed E-state index contributed by atoms with van der Waals surface area (Å²) < 4.78 is 8.64. The summed E-state index contributed by atoms with van der Waals surface area (Å²) in [6.45, 7) is 4.72. The average Bonchev–Trinajstić information content (AvgIpc) is 2.60. The molecule has 0 aliphatic heterocycles. The number of carbonyl (C=O) groups excluding carboxylic acids is 1. The third-order valence-electron chi connectivity index (χ3n) is 1.72. The van der Waals surface area contributed by atoms with Crippen molar-refractivity contribution in [2.24, 2.45) is 0 Å². The van der Waals surface area contributed by atoms with Gasteiger partial charge in [0.2, 0.25) is 5.13 Å². The molecule has 78 valence electrons. The van der Waals surface area contributed by atoms with Gasteiger partial charge >= 0.3 is 5.97 Å². The molecule has 0 fully saturated rings. The van der Waals surface area contributed by atoms with E-state index >= 15 is 0 Å². The number of ether oxygens (including phenoxy) is 1. The van der Waals surface area contributed by atoms with Gasteiger partial charge in [0, 0.05) is 18.1 Å². The molecule has 0 aromatic carbocycles. The van der Waals surface area contributed by atoms with Gasteiger partial charge in [-0.1, -0.05) is 0 Å². The molecule has 0 unspecified atom stereocenters. The van der Waals surface area contributed by atoms with Crippen LogP contribution in [-0.4, -0.2) is 35.5 Å². The molecule has 0 amide bonds. The highest BCUT2D eigenvalue weighted by atomic mass is 32.1. The Morgan fingerprint density at radius 3 is 2.79 bits per heavy atom. The highest BCUT2D eigenvalue weighted by molar-refractivity contribution is 7.09. The van der Waals surface area contributed by atoms with Gasteiger partial charge < -0.3 is 9.64 Å². The number of rotatable bonds is 4. The smallest absolute Gasteiger partial charge is 0.325 e. The zero-order valence-corrected chi connectivity index (χ0v) is 9.30. The standard InChI is InChI=1S/C8H13N3O2S/c1-4-11(5-7(12)13-3)8-9-6(2)10-14-8/h4-5H2,1-3H3. The van der Waals surface area contributed by atoms with Gasteiger partial charge in [-0.2, -0.15) is 4.37 Å². The summed E-state index contributed by atoms with van der Waals surface area (Å²) in [6.07, 6.45) is 0. The fourth-order valence-corrected chi connectivity index (χ4v) is 1.69. The number of carbonyl (C=O) groups is 1. The zero-order chi connectivity index (χ0) is 10.6. The van der Waals surface area contributed by atoms with Gasteiger partial charge in [0.15, 0.2) is 0 Å². The van der Waals surface area contributed by atoms with Gasteiger partial charge in [-0.05, 0) is 13.8 Å². The molecule has 5 nitrogen and oxygen atoms in total. The number of anilines is 1. The van der Waals surface area contributed by atoms with E-state index in [1.165, 1.54) is 18.6 Å². The molecular formula is C8H13N3O2S. The first-order valence-corrected chi connectivity index (χ1v) is 5.06. The van der Waals surface area contributed by atoms with Crippen molar-refractivity contribution < 1.29 is 9.53 Å². The van der Waals surface area contributed by atoms with E-state index in [0.29, 0.717) is 6.54 Å². The molecule has 0 atom stereocenters. The van der Waals surface area contributed by atoms with E-state index in [4.69, 9.17) is 0 Å². The Kier molecular flexibility index (Phi) is 3.82. The lowest BCUT2D eigenvalue weighted by molar-refractivity contribution is -0.138. The van der Waals surface area contributed by atoms with E-state index < -0.39 is 0 Å². The topological polar surface area (TPSA) is 55.3 Å². The summed E-state index contributed by atoms with van der Waals surface area (Å²) in [4.78, 5) is 17.1. The van der Waals surface area contributed by atoms with Crippen molar-refractivity contribution in [1.82, 2.24) is 9.36 Å². The third-order valence-corrected chi connectivity index (χ3v) is 2.59. The summed E-state index contributed by atoms with van der Waals surface area (Å²) in [5.41, 5.74) is 0. The number of hydrogen-bond donors (Lipinski definition) is 0. The molecule has 1 rings (SSSR count). The van der Waals surface area contributed by atoms with Crippen molar-refractivity contribution in [3.63, 3.8) is 0 Å². The van der Waals surface area contributed by atoms with Crippen LogP contribution >= 0.6 is 11.5 Å². The number of hydrogen-bond acceptors (Lipinski definition) is 6. The molecule has 0 N–H and O–H groups in total. The van der Waals surface area contributed by atoms with Gasteiger partial charge in [-0.15, -0.1) is 0 Å². The van der Waals surface area contributed by atoms with E-state index in [9.17, 15) is 4.79 Å². The number of aromatic nitrogens is 2. The molecule has 0 aliphatic carbocycles. The largest absolute Gasteiger partial charge is 0.468 e. The van der Waals surface area contributed by atoms with E-state index in [-0.39, 0.29) is 12.5 Å². The van der Waals surface area contributed by atoms with Crippen molar-refractivity contribution in [1.29, 1.82) is 0 Å². The Labute approximate surface area is 86.9 Å². The Balaban J connectivity index is 2.67. The molecule has 0 saturated carbocycles. The van der Waals surface area contributed by atoms with Crippen LogP contribution in [0.2, 0.25) is 0 Å². The maximum absolute atomic E-state index is 11.1. The predicted molar refractivity (Wildman–Crippen MR) is 54.5 cm³/mol.